The SMILES string of the molecule is CC(=O)Nc1ccc(S(=O)(=O)N(C)c2ccc3c(c2)nc(C(C)(C)C)n3C[C@H]2CCCCN2C)cc1.COC(=O)Nc1ccc2c(c1)nc(C(C)(C)C)n2C[C@H]1CCCCN1C. The third-order valence-electron chi connectivity index (χ3n) is 12.1. The number of rotatable bonds is 9. The van der Waals surface area contributed by atoms with Crippen LogP contribution in [0.5, 0.6) is 0 Å². The standard InChI is InChI=1S/C27H37N5O3S.C20H30N4O2/c1-19(33)28-20-10-13-23(14-11-20)36(34,35)31(6)21-12-15-25-24(17-21)29-26(27(2,3)4)32(25)18-22-9-7-8-16-30(22)5;1-20(2,3)18-22-16-12-14(21-19(25)26-5)9-10-17(16)24(18)13-15-8-6-7-11-23(15)4/h10-15,17,22H,7-9,16,18H2,1-6H3,(H,28,33);9-10,12,15H,6-8,11,13H2,1-5H3,(H,21,25)/t22-;15-/m11/s1. The zero-order valence-electron chi connectivity index (χ0n) is 38.6. The van der Waals surface area contributed by atoms with Gasteiger partial charge in [0.25, 0.3) is 10.0 Å². The Morgan fingerprint density at radius 3 is 1.68 bits per heavy atom. The molecule has 2 amide bonds. The van der Waals surface area contributed by atoms with Gasteiger partial charge in [-0.25, -0.2) is 23.2 Å². The highest BCUT2D eigenvalue weighted by Crippen LogP contribution is 2.33. The number of imidazole rings is 2. The quantitative estimate of drug-likeness (QED) is 0.149. The fourth-order valence-corrected chi connectivity index (χ4v) is 9.77. The van der Waals surface area contributed by atoms with Crippen molar-refractivity contribution in [3.63, 3.8) is 0 Å². The summed E-state index contributed by atoms with van der Waals surface area (Å²) in [5.41, 5.74) is 5.42. The molecule has 15 heteroatoms. The maximum Gasteiger partial charge on any atom is 0.411 e. The van der Waals surface area contributed by atoms with Gasteiger partial charge in [-0.05, 0) is 114 Å². The lowest BCUT2D eigenvalue weighted by atomic mass is 9.95. The number of amides is 2. The number of nitrogens with zero attached hydrogens (tertiary/aromatic N) is 7. The average Bonchev–Trinajstić information content (AvgIpc) is 3.77. The number of anilines is 3. The maximum atomic E-state index is 13.3. The summed E-state index contributed by atoms with van der Waals surface area (Å²) in [6.07, 6.45) is 6.98. The fraction of sp³-hybridized carbons (Fsp3) is 0.532. The van der Waals surface area contributed by atoms with Crippen LogP contribution in [0.25, 0.3) is 22.1 Å². The van der Waals surface area contributed by atoms with Crippen LogP contribution in [0.2, 0.25) is 0 Å². The molecule has 0 bridgehead atoms. The number of aromatic nitrogens is 4. The van der Waals surface area contributed by atoms with Crippen LogP contribution in [-0.2, 0) is 43.5 Å². The van der Waals surface area contributed by atoms with E-state index in [9.17, 15) is 18.0 Å². The number of ether oxygens (including phenoxy) is 1. The monoisotopic (exact) mass is 869 g/mol. The summed E-state index contributed by atoms with van der Waals surface area (Å²) in [5.74, 6) is 1.88. The third-order valence-corrected chi connectivity index (χ3v) is 13.9. The Balaban J connectivity index is 0.000000218. The van der Waals surface area contributed by atoms with Crippen LogP contribution < -0.4 is 14.9 Å². The van der Waals surface area contributed by atoms with Crippen LogP contribution in [0.1, 0.15) is 98.6 Å². The Morgan fingerprint density at radius 1 is 0.726 bits per heavy atom. The van der Waals surface area contributed by atoms with Crippen molar-refractivity contribution in [2.24, 2.45) is 0 Å². The largest absolute Gasteiger partial charge is 0.453 e. The highest BCUT2D eigenvalue weighted by molar-refractivity contribution is 7.92. The van der Waals surface area contributed by atoms with Crippen LogP contribution in [0.3, 0.4) is 0 Å². The van der Waals surface area contributed by atoms with Crippen molar-refractivity contribution in [1.82, 2.24) is 28.9 Å². The number of hydrogen-bond donors (Lipinski definition) is 2. The molecule has 62 heavy (non-hydrogen) atoms. The topological polar surface area (TPSA) is 147 Å². The highest BCUT2D eigenvalue weighted by atomic mass is 32.2. The number of sulfonamides is 1. The van der Waals surface area contributed by atoms with Crippen LogP contribution in [0, 0.1) is 0 Å². The minimum absolute atomic E-state index is 0.0534. The van der Waals surface area contributed by atoms with Gasteiger partial charge in [0.1, 0.15) is 11.6 Å². The molecule has 14 nitrogen and oxygen atoms in total. The normalized spacial score (nSPS) is 18.0. The summed E-state index contributed by atoms with van der Waals surface area (Å²) in [7, 11) is 3.54. The Hall–Kier alpha value is -4.99. The summed E-state index contributed by atoms with van der Waals surface area (Å²) in [6, 6.07) is 18.7. The zero-order valence-corrected chi connectivity index (χ0v) is 39.4. The first-order chi connectivity index (χ1) is 29.2. The predicted octanol–water partition coefficient (Wildman–Crippen LogP) is 8.60. The second-order valence-corrected chi connectivity index (χ2v) is 21.0. The molecule has 0 aliphatic carbocycles. The summed E-state index contributed by atoms with van der Waals surface area (Å²) in [6.45, 7) is 18.6. The lowest BCUT2D eigenvalue weighted by Gasteiger charge is -2.34. The van der Waals surface area contributed by atoms with E-state index in [-0.39, 0.29) is 21.6 Å². The van der Waals surface area contributed by atoms with Crippen molar-refractivity contribution in [3.8, 4) is 0 Å². The van der Waals surface area contributed by atoms with Gasteiger partial charge in [0, 0.05) is 61.3 Å². The van der Waals surface area contributed by atoms with Gasteiger partial charge in [-0.1, -0.05) is 54.4 Å². The maximum absolute atomic E-state index is 13.3. The molecule has 7 rings (SSSR count). The summed E-state index contributed by atoms with van der Waals surface area (Å²) in [5, 5.41) is 5.38. The number of likely N-dealkylation sites (N-methyl/N-ethyl adjacent to an activating group) is 2. The number of benzene rings is 3. The Kier molecular flexibility index (Phi) is 14.1. The summed E-state index contributed by atoms with van der Waals surface area (Å²) in [4.78, 5) is 37.7. The van der Waals surface area contributed by atoms with E-state index in [0.717, 1.165) is 59.9 Å². The molecule has 2 atom stereocenters. The summed E-state index contributed by atoms with van der Waals surface area (Å²) >= 11 is 0. The third kappa shape index (κ3) is 10.6. The van der Waals surface area contributed by atoms with Gasteiger partial charge < -0.3 is 29.0 Å². The molecule has 2 N–H and O–H groups in total. The molecule has 4 heterocycles. The number of likely N-dealkylation sites (tertiary alicyclic amines) is 2. The second-order valence-electron chi connectivity index (χ2n) is 19.0. The minimum Gasteiger partial charge on any atom is -0.453 e. The van der Waals surface area contributed by atoms with E-state index in [2.05, 4.69) is 89.9 Å². The van der Waals surface area contributed by atoms with E-state index < -0.39 is 16.1 Å². The number of carbonyl (C=O) groups excluding carboxylic acids is 2. The van der Waals surface area contributed by atoms with Crippen LogP contribution in [-0.4, -0.2) is 103 Å². The van der Waals surface area contributed by atoms with Gasteiger partial charge >= 0.3 is 6.09 Å². The molecule has 2 saturated heterocycles. The van der Waals surface area contributed by atoms with E-state index in [1.165, 1.54) is 69.0 Å². The van der Waals surface area contributed by atoms with Crippen molar-refractivity contribution in [2.45, 2.75) is 128 Å². The van der Waals surface area contributed by atoms with Gasteiger partial charge in [0.05, 0.1) is 39.8 Å². The Labute approximate surface area is 368 Å². The molecule has 2 fully saturated rings. The predicted molar refractivity (Wildman–Crippen MR) is 250 cm³/mol. The fourth-order valence-electron chi connectivity index (χ4n) is 8.59. The van der Waals surface area contributed by atoms with Gasteiger partial charge in [-0.15, -0.1) is 0 Å². The number of piperidine rings is 2. The molecule has 0 radical (unpaired) electrons. The Bertz CT molecular complexity index is 2480. The highest BCUT2D eigenvalue weighted by Gasteiger charge is 2.30. The molecule has 5 aromatic rings. The van der Waals surface area contributed by atoms with Crippen LogP contribution in [0.4, 0.5) is 21.9 Å². The van der Waals surface area contributed by atoms with E-state index in [0.29, 0.717) is 29.1 Å². The molecule has 2 aliphatic rings. The first kappa shape index (κ1) is 46.5. The molecule has 0 spiro atoms. The number of methoxy groups -OCH3 is 1. The van der Waals surface area contributed by atoms with Gasteiger partial charge in [0.15, 0.2) is 0 Å². The second kappa shape index (κ2) is 18.8. The lowest BCUT2D eigenvalue weighted by Crippen LogP contribution is -2.40. The molecular formula is C47H67N9O5S. The van der Waals surface area contributed by atoms with Gasteiger partial charge in [-0.3, -0.25) is 14.4 Å². The molecule has 2 aliphatic heterocycles. The van der Waals surface area contributed by atoms with E-state index >= 15 is 0 Å². The van der Waals surface area contributed by atoms with Crippen molar-refractivity contribution >= 4 is 61.2 Å². The smallest absolute Gasteiger partial charge is 0.411 e. The minimum atomic E-state index is -3.79. The number of nitrogens with one attached hydrogen (secondary N) is 2. The first-order valence-corrected chi connectivity index (χ1v) is 23.2. The van der Waals surface area contributed by atoms with E-state index in [1.54, 1.807) is 19.2 Å². The van der Waals surface area contributed by atoms with Gasteiger partial charge in [0.2, 0.25) is 5.91 Å². The number of carbonyl (C=O) groups is 2. The average molecular weight is 870 g/mol. The number of hydrogen-bond acceptors (Lipinski definition) is 9. The molecule has 336 valence electrons. The lowest BCUT2D eigenvalue weighted by molar-refractivity contribution is -0.114. The van der Waals surface area contributed by atoms with Crippen molar-refractivity contribution in [2.75, 3.05) is 56.3 Å². The van der Waals surface area contributed by atoms with Crippen molar-refractivity contribution < 1.29 is 22.7 Å². The zero-order chi connectivity index (χ0) is 45.1. The van der Waals surface area contributed by atoms with Crippen LogP contribution >= 0.6 is 0 Å². The van der Waals surface area contributed by atoms with E-state index in [1.807, 2.05) is 36.4 Å². The molecule has 0 saturated carbocycles. The van der Waals surface area contributed by atoms with Crippen LogP contribution in [0.15, 0.2) is 65.6 Å². The van der Waals surface area contributed by atoms with Gasteiger partial charge in [-0.2, -0.15) is 0 Å². The molecular weight excluding hydrogens is 803 g/mol. The van der Waals surface area contributed by atoms with Crippen molar-refractivity contribution in [3.05, 3.63) is 72.3 Å². The summed E-state index contributed by atoms with van der Waals surface area (Å²) < 4.78 is 37.3. The van der Waals surface area contributed by atoms with Crippen molar-refractivity contribution in [1.29, 1.82) is 0 Å². The molecule has 2 aromatic heterocycles. The molecule has 3 aromatic carbocycles. The van der Waals surface area contributed by atoms with E-state index in [4.69, 9.17) is 9.97 Å². The first-order valence-electron chi connectivity index (χ1n) is 21.8. The number of fused-ring (bicyclic) bond motifs is 2. The molecule has 0 unspecified atom stereocenters. The Morgan fingerprint density at radius 2 is 1.21 bits per heavy atom.